The van der Waals surface area contributed by atoms with Crippen LogP contribution in [0.15, 0.2) is 136 Å². The van der Waals surface area contributed by atoms with E-state index in [-0.39, 0.29) is 0 Å². The summed E-state index contributed by atoms with van der Waals surface area (Å²) in [6.45, 7) is 0. The second kappa shape index (κ2) is 8.85. The minimum absolute atomic E-state index is 0.586. The summed E-state index contributed by atoms with van der Waals surface area (Å²) in [5.74, 6) is 1.80. The van der Waals surface area contributed by atoms with Crippen LogP contribution in [0.1, 0.15) is 0 Å². The number of aromatic nitrogens is 3. The van der Waals surface area contributed by atoms with Gasteiger partial charge in [-0.05, 0) is 59.3 Å². The molecule has 0 aliphatic carbocycles. The van der Waals surface area contributed by atoms with Crippen molar-refractivity contribution in [1.29, 1.82) is 0 Å². The Bertz CT molecular complexity index is 2490. The molecule has 0 bridgehead atoms. The SMILES string of the molecule is c1ccc2cc(-c3nc(-c4ccc5c(c4)oc4ccccc45)nc(-c4ccc5oc6ccccc6c5c4)n3)ccc2c1. The maximum Gasteiger partial charge on any atom is 0.164 e. The van der Waals surface area contributed by atoms with Gasteiger partial charge in [0, 0.05) is 38.2 Å². The molecule has 0 aliphatic rings. The first-order valence-corrected chi connectivity index (χ1v) is 13.9. The molecule has 9 aromatic rings. The highest BCUT2D eigenvalue weighted by Gasteiger charge is 2.16. The van der Waals surface area contributed by atoms with Crippen LogP contribution in [0, 0.1) is 0 Å². The van der Waals surface area contributed by atoms with E-state index in [0.717, 1.165) is 66.0 Å². The van der Waals surface area contributed by atoms with E-state index >= 15 is 0 Å². The third kappa shape index (κ3) is 3.61. The van der Waals surface area contributed by atoms with E-state index in [9.17, 15) is 0 Å². The predicted molar refractivity (Wildman–Crippen MR) is 168 cm³/mol. The Labute approximate surface area is 239 Å². The largest absolute Gasteiger partial charge is 0.456 e. The molecular weight excluding hydrogens is 518 g/mol. The summed E-state index contributed by atoms with van der Waals surface area (Å²) in [6.07, 6.45) is 0. The third-order valence-electron chi connectivity index (χ3n) is 7.91. The summed E-state index contributed by atoms with van der Waals surface area (Å²) in [6, 6.07) is 43.0. The molecule has 5 heteroatoms. The molecule has 0 saturated carbocycles. The lowest BCUT2D eigenvalue weighted by atomic mass is 10.1. The van der Waals surface area contributed by atoms with Crippen molar-refractivity contribution in [2.75, 3.05) is 0 Å². The van der Waals surface area contributed by atoms with Crippen LogP contribution in [0.3, 0.4) is 0 Å². The molecule has 9 rings (SSSR count). The number of para-hydroxylation sites is 2. The fourth-order valence-electron chi connectivity index (χ4n) is 5.82. The molecule has 0 N–H and O–H groups in total. The number of nitrogens with zero attached hydrogens (tertiary/aromatic N) is 3. The molecule has 6 aromatic carbocycles. The van der Waals surface area contributed by atoms with Gasteiger partial charge in [-0.1, -0.05) is 78.9 Å². The minimum atomic E-state index is 0.586. The number of fused-ring (bicyclic) bond motifs is 7. The van der Waals surface area contributed by atoms with Crippen LogP contribution in [0.2, 0.25) is 0 Å². The van der Waals surface area contributed by atoms with Crippen LogP contribution in [0.4, 0.5) is 0 Å². The molecule has 196 valence electrons. The van der Waals surface area contributed by atoms with Gasteiger partial charge >= 0.3 is 0 Å². The zero-order valence-corrected chi connectivity index (χ0v) is 22.3. The highest BCUT2D eigenvalue weighted by atomic mass is 16.3. The van der Waals surface area contributed by atoms with Crippen molar-refractivity contribution in [3.63, 3.8) is 0 Å². The number of hydrogen-bond donors (Lipinski definition) is 0. The molecular formula is C37H21N3O2. The smallest absolute Gasteiger partial charge is 0.164 e. The third-order valence-corrected chi connectivity index (χ3v) is 7.91. The van der Waals surface area contributed by atoms with Crippen molar-refractivity contribution in [1.82, 2.24) is 15.0 Å². The number of furan rings is 2. The van der Waals surface area contributed by atoms with E-state index in [2.05, 4.69) is 60.7 Å². The van der Waals surface area contributed by atoms with Gasteiger partial charge in [-0.2, -0.15) is 0 Å². The number of hydrogen-bond acceptors (Lipinski definition) is 5. The Morgan fingerprint density at radius 1 is 0.333 bits per heavy atom. The summed E-state index contributed by atoms with van der Waals surface area (Å²) >= 11 is 0. The first-order chi connectivity index (χ1) is 20.8. The lowest BCUT2D eigenvalue weighted by Crippen LogP contribution is -2.00. The molecule has 3 aromatic heterocycles. The highest BCUT2D eigenvalue weighted by molar-refractivity contribution is 6.07. The lowest BCUT2D eigenvalue weighted by Gasteiger charge is -2.09. The Morgan fingerprint density at radius 3 is 1.60 bits per heavy atom. The van der Waals surface area contributed by atoms with E-state index in [1.165, 1.54) is 5.39 Å². The molecule has 0 saturated heterocycles. The van der Waals surface area contributed by atoms with Gasteiger partial charge in [0.25, 0.3) is 0 Å². The molecule has 42 heavy (non-hydrogen) atoms. The van der Waals surface area contributed by atoms with E-state index < -0.39 is 0 Å². The van der Waals surface area contributed by atoms with Crippen LogP contribution in [-0.4, -0.2) is 15.0 Å². The number of rotatable bonds is 3. The Kier molecular flexibility index (Phi) is 4.83. The summed E-state index contributed by atoms with van der Waals surface area (Å²) in [4.78, 5) is 15.0. The van der Waals surface area contributed by atoms with Crippen LogP contribution < -0.4 is 0 Å². The molecule has 0 fully saturated rings. The van der Waals surface area contributed by atoms with Gasteiger partial charge in [-0.3, -0.25) is 0 Å². The second-order valence-electron chi connectivity index (χ2n) is 10.5. The maximum atomic E-state index is 6.19. The number of benzene rings is 6. The molecule has 0 radical (unpaired) electrons. The van der Waals surface area contributed by atoms with Gasteiger partial charge in [0.2, 0.25) is 0 Å². The van der Waals surface area contributed by atoms with Crippen LogP contribution >= 0.6 is 0 Å². The van der Waals surface area contributed by atoms with Crippen molar-refractivity contribution in [2.24, 2.45) is 0 Å². The van der Waals surface area contributed by atoms with E-state index in [1.807, 2.05) is 66.7 Å². The van der Waals surface area contributed by atoms with Crippen LogP contribution in [0.25, 0.3) is 88.8 Å². The van der Waals surface area contributed by atoms with E-state index in [0.29, 0.717) is 17.5 Å². The van der Waals surface area contributed by atoms with Gasteiger partial charge in [-0.15, -0.1) is 0 Å². The molecule has 0 spiro atoms. The monoisotopic (exact) mass is 539 g/mol. The summed E-state index contributed by atoms with van der Waals surface area (Å²) < 4.78 is 12.3. The Hall–Kier alpha value is -5.81. The molecule has 0 unspecified atom stereocenters. The molecule has 0 aliphatic heterocycles. The van der Waals surface area contributed by atoms with Gasteiger partial charge < -0.3 is 8.83 Å². The summed E-state index contributed by atoms with van der Waals surface area (Å²) in [5, 5.41) is 6.55. The normalized spacial score (nSPS) is 11.8. The summed E-state index contributed by atoms with van der Waals surface area (Å²) in [5.41, 5.74) is 6.04. The van der Waals surface area contributed by atoms with Gasteiger partial charge in [0.1, 0.15) is 22.3 Å². The second-order valence-corrected chi connectivity index (χ2v) is 10.5. The fraction of sp³-hybridized carbons (Fsp3) is 0. The standard InChI is InChI=1S/C37H21N3O2/c1-2-8-23-19-24(14-13-22(23)7-1)35-38-36(25-16-18-33-30(20-25)28-10-4-6-12-32(28)41-33)40-37(39-35)26-15-17-29-27-9-3-5-11-31(27)42-34(29)21-26/h1-21H. The Balaban J connectivity index is 1.26. The van der Waals surface area contributed by atoms with Crippen LogP contribution in [-0.2, 0) is 0 Å². The van der Waals surface area contributed by atoms with E-state index in [1.54, 1.807) is 0 Å². The van der Waals surface area contributed by atoms with Crippen molar-refractivity contribution in [3.8, 4) is 34.2 Å². The minimum Gasteiger partial charge on any atom is -0.456 e. The van der Waals surface area contributed by atoms with Crippen molar-refractivity contribution in [2.45, 2.75) is 0 Å². The van der Waals surface area contributed by atoms with Crippen molar-refractivity contribution in [3.05, 3.63) is 127 Å². The first kappa shape index (κ1) is 22.9. The predicted octanol–water partition coefficient (Wildman–Crippen LogP) is 9.82. The lowest BCUT2D eigenvalue weighted by molar-refractivity contribution is 0.668. The fourth-order valence-corrected chi connectivity index (χ4v) is 5.82. The van der Waals surface area contributed by atoms with Crippen LogP contribution in [0.5, 0.6) is 0 Å². The molecule has 3 heterocycles. The highest BCUT2D eigenvalue weighted by Crippen LogP contribution is 2.35. The Morgan fingerprint density at radius 2 is 0.833 bits per heavy atom. The zero-order chi connectivity index (χ0) is 27.6. The van der Waals surface area contributed by atoms with Gasteiger partial charge in [-0.25, -0.2) is 15.0 Å². The first-order valence-electron chi connectivity index (χ1n) is 13.9. The molecule has 0 amide bonds. The zero-order valence-electron chi connectivity index (χ0n) is 22.3. The van der Waals surface area contributed by atoms with Crippen molar-refractivity contribution < 1.29 is 8.83 Å². The van der Waals surface area contributed by atoms with E-state index in [4.69, 9.17) is 23.8 Å². The summed E-state index contributed by atoms with van der Waals surface area (Å²) in [7, 11) is 0. The molecule has 5 nitrogen and oxygen atoms in total. The van der Waals surface area contributed by atoms with Gasteiger partial charge in [0.05, 0.1) is 0 Å². The average Bonchev–Trinajstić information content (AvgIpc) is 3.62. The maximum absolute atomic E-state index is 6.19. The topological polar surface area (TPSA) is 65.0 Å². The quantitative estimate of drug-likeness (QED) is 0.224. The van der Waals surface area contributed by atoms with Gasteiger partial charge in [0.15, 0.2) is 17.5 Å². The van der Waals surface area contributed by atoms with Crippen molar-refractivity contribution >= 4 is 54.6 Å². The average molecular weight is 540 g/mol. The molecule has 0 atom stereocenters.